The molecule has 21 heavy (non-hydrogen) atoms. The van der Waals surface area contributed by atoms with E-state index in [1.807, 2.05) is 0 Å². The molecule has 0 aliphatic rings. The number of benzene rings is 1. The molecule has 1 heterocycles. The van der Waals surface area contributed by atoms with E-state index in [9.17, 15) is 17.6 Å². The highest BCUT2D eigenvalue weighted by Gasteiger charge is 2.26. The maximum absolute atomic E-state index is 12.8. The van der Waals surface area contributed by atoms with Crippen molar-refractivity contribution in [1.29, 1.82) is 0 Å². The van der Waals surface area contributed by atoms with E-state index in [1.54, 1.807) is 0 Å². The highest BCUT2D eigenvalue weighted by molar-refractivity contribution is 7.88. The van der Waals surface area contributed by atoms with Gasteiger partial charge in [0, 0.05) is 13.6 Å². The zero-order valence-corrected chi connectivity index (χ0v) is 11.8. The Morgan fingerprint density at radius 3 is 2.38 bits per heavy atom. The minimum Gasteiger partial charge on any atom is -0.475 e. The molecule has 2 rings (SSSR count). The zero-order valence-electron chi connectivity index (χ0n) is 11.0. The largest absolute Gasteiger partial charge is 0.475 e. The minimum absolute atomic E-state index is 0.00567. The lowest BCUT2D eigenvalue weighted by Gasteiger charge is -2.15. The van der Waals surface area contributed by atoms with Crippen LogP contribution in [0.15, 0.2) is 45.9 Å². The van der Waals surface area contributed by atoms with Gasteiger partial charge in [-0.2, -0.15) is 4.31 Å². The fourth-order valence-electron chi connectivity index (χ4n) is 1.66. The summed E-state index contributed by atoms with van der Waals surface area (Å²) in [5.74, 6) is -2.22. The Morgan fingerprint density at radius 2 is 1.86 bits per heavy atom. The van der Waals surface area contributed by atoms with Crippen LogP contribution < -0.4 is 0 Å². The van der Waals surface area contributed by atoms with Crippen LogP contribution in [-0.4, -0.2) is 30.8 Å². The Labute approximate surface area is 120 Å². The molecule has 2 aromatic rings. The van der Waals surface area contributed by atoms with Crippen LogP contribution in [0.1, 0.15) is 16.1 Å². The highest BCUT2D eigenvalue weighted by atomic mass is 32.2. The predicted molar refractivity (Wildman–Crippen MR) is 70.7 cm³/mol. The van der Waals surface area contributed by atoms with Crippen molar-refractivity contribution >= 4 is 16.0 Å². The van der Waals surface area contributed by atoms with Crippen LogP contribution in [0, 0.1) is 5.82 Å². The first-order valence-corrected chi connectivity index (χ1v) is 7.28. The molecule has 0 bridgehead atoms. The van der Waals surface area contributed by atoms with E-state index < -0.39 is 32.7 Å². The summed E-state index contributed by atoms with van der Waals surface area (Å²) in [4.78, 5) is 10.7. The van der Waals surface area contributed by atoms with Gasteiger partial charge in [-0.1, -0.05) is 12.1 Å². The minimum atomic E-state index is -3.95. The van der Waals surface area contributed by atoms with Gasteiger partial charge >= 0.3 is 5.97 Å². The van der Waals surface area contributed by atoms with E-state index in [4.69, 9.17) is 9.52 Å². The third-order valence-corrected chi connectivity index (χ3v) is 4.45. The van der Waals surface area contributed by atoms with Crippen LogP contribution in [0.25, 0.3) is 0 Å². The Morgan fingerprint density at radius 1 is 1.24 bits per heavy atom. The molecule has 0 aliphatic carbocycles. The Balaban J connectivity index is 2.21. The van der Waals surface area contributed by atoms with Crippen molar-refractivity contribution in [3.8, 4) is 0 Å². The van der Waals surface area contributed by atoms with Gasteiger partial charge in [-0.3, -0.25) is 0 Å². The van der Waals surface area contributed by atoms with Crippen molar-refractivity contribution in [2.45, 2.75) is 11.6 Å². The second-order valence-electron chi connectivity index (χ2n) is 4.31. The number of rotatable bonds is 5. The molecule has 0 fully saturated rings. The summed E-state index contributed by atoms with van der Waals surface area (Å²) in [5.41, 5.74) is 0.590. The lowest BCUT2D eigenvalue weighted by Crippen LogP contribution is -2.26. The number of sulfonamides is 1. The van der Waals surface area contributed by atoms with Crippen molar-refractivity contribution in [3.63, 3.8) is 0 Å². The number of carboxylic acid groups (broad SMARTS) is 1. The lowest BCUT2D eigenvalue weighted by atomic mass is 10.2. The van der Waals surface area contributed by atoms with Gasteiger partial charge in [0.25, 0.3) is 10.0 Å². The quantitative estimate of drug-likeness (QED) is 0.911. The molecule has 1 aromatic carbocycles. The molecule has 8 heteroatoms. The van der Waals surface area contributed by atoms with Crippen molar-refractivity contribution in [1.82, 2.24) is 4.31 Å². The van der Waals surface area contributed by atoms with E-state index in [0.29, 0.717) is 5.56 Å². The lowest BCUT2D eigenvalue weighted by molar-refractivity contribution is 0.0656. The maximum Gasteiger partial charge on any atom is 0.371 e. The molecule has 6 nitrogen and oxygen atoms in total. The normalized spacial score (nSPS) is 11.8. The molecule has 0 saturated heterocycles. The smallest absolute Gasteiger partial charge is 0.371 e. The monoisotopic (exact) mass is 313 g/mol. The van der Waals surface area contributed by atoms with Crippen LogP contribution in [0.2, 0.25) is 0 Å². The summed E-state index contributed by atoms with van der Waals surface area (Å²) in [5, 5.41) is 8.27. The standard InChI is InChI=1S/C13H12FNO5S/c1-15(8-9-2-4-10(14)5-3-9)21(18,19)12-7-6-11(20-12)13(16)17/h2-7H,8H2,1H3,(H,16,17). The molecule has 0 spiro atoms. The number of aromatic carboxylic acids is 1. The average molecular weight is 313 g/mol. The van der Waals surface area contributed by atoms with Crippen LogP contribution in [0.5, 0.6) is 0 Å². The van der Waals surface area contributed by atoms with Crippen molar-refractivity contribution < 1.29 is 27.1 Å². The van der Waals surface area contributed by atoms with Crippen LogP contribution in [-0.2, 0) is 16.6 Å². The summed E-state index contributed by atoms with van der Waals surface area (Å²) in [6.45, 7) is 0.00567. The third-order valence-electron chi connectivity index (χ3n) is 2.78. The molecular formula is C13H12FNO5S. The SMILES string of the molecule is CN(Cc1ccc(F)cc1)S(=O)(=O)c1ccc(C(=O)O)o1. The number of hydrogen-bond acceptors (Lipinski definition) is 4. The van der Waals surface area contributed by atoms with Crippen molar-refractivity contribution in [2.75, 3.05) is 7.05 Å². The molecule has 1 aromatic heterocycles. The highest BCUT2D eigenvalue weighted by Crippen LogP contribution is 2.19. The number of hydrogen-bond donors (Lipinski definition) is 1. The molecule has 1 N–H and O–H groups in total. The van der Waals surface area contributed by atoms with Crippen LogP contribution in [0.4, 0.5) is 4.39 Å². The van der Waals surface area contributed by atoms with Gasteiger partial charge in [0.15, 0.2) is 0 Å². The summed E-state index contributed by atoms with van der Waals surface area (Å²) >= 11 is 0. The second-order valence-corrected chi connectivity index (χ2v) is 6.29. The maximum atomic E-state index is 12.8. The molecule has 112 valence electrons. The number of nitrogens with zero attached hydrogens (tertiary/aromatic N) is 1. The Bertz CT molecular complexity index is 751. The fraction of sp³-hybridized carbons (Fsp3) is 0.154. The molecule has 0 amide bonds. The molecule has 0 aliphatic heterocycles. The zero-order chi connectivity index (χ0) is 15.6. The fourth-order valence-corrected chi connectivity index (χ4v) is 2.72. The average Bonchev–Trinajstić information content (AvgIpc) is 2.91. The number of carboxylic acids is 1. The summed E-state index contributed by atoms with van der Waals surface area (Å²) in [6.07, 6.45) is 0. The Hall–Kier alpha value is -2.19. The van der Waals surface area contributed by atoms with Gasteiger partial charge in [-0.05, 0) is 29.8 Å². The Kier molecular flexibility index (Phi) is 4.10. The molecule has 0 radical (unpaired) electrons. The second kappa shape index (κ2) is 5.66. The van der Waals surface area contributed by atoms with Crippen LogP contribution in [0.3, 0.4) is 0 Å². The van der Waals surface area contributed by atoms with Gasteiger partial charge in [0.1, 0.15) is 5.82 Å². The molecule has 0 unspecified atom stereocenters. The summed E-state index contributed by atoms with van der Waals surface area (Å²) in [7, 11) is -2.63. The number of carbonyl (C=O) groups is 1. The van der Waals surface area contributed by atoms with Crippen LogP contribution >= 0.6 is 0 Å². The first kappa shape index (κ1) is 15.2. The van der Waals surface area contributed by atoms with Gasteiger partial charge in [-0.25, -0.2) is 17.6 Å². The molecule has 0 atom stereocenters. The van der Waals surface area contributed by atoms with E-state index in [-0.39, 0.29) is 6.54 Å². The number of furan rings is 1. The van der Waals surface area contributed by atoms with Gasteiger partial charge in [0.05, 0.1) is 0 Å². The third kappa shape index (κ3) is 3.29. The summed E-state index contributed by atoms with van der Waals surface area (Å²) < 4.78 is 43.0. The summed E-state index contributed by atoms with van der Waals surface area (Å²) in [6, 6.07) is 7.54. The van der Waals surface area contributed by atoms with E-state index in [0.717, 1.165) is 16.4 Å². The van der Waals surface area contributed by atoms with Crippen molar-refractivity contribution in [3.05, 3.63) is 53.5 Å². The van der Waals surface area contributed by atoms with E-state index >= 15 is 0 Å². The molecule has 0 saturated carbocycles. The number of halogens is 1. The first-order valence-electron chi connectivity index (χ1n) is 5.84. The topological polar surface area (TPSA) is 87.8 Å². The van der Waals surface area contributed by atoms with Crippen molar-refractivity contribution in [2.24, 2.45) is 0 Å². The van der Waals surface area contributed by atoms with E-state index in [1.165, 1.54) is 31.3 Å². The molecular weight excluding hydrogens is 301 g/mol. The van der Waals surface area contributed by atoms with Gasteiger partial charge < -0.3 is 9.52 Å². The van der Waals surface area contributed by atoms with Gasteiger partial charge in [0.2, 0.25) is 10.9 Å². The van der Waals surface area contributed by atoms with Gasteiger partial charge in [-0.15, -0.1) is 0 Å². The van der Waals surface area contributed by atoms with E-state index in [2.05, 4.69) is 0 Å². The predicted octanol–water partition coefficient (Wildman–Crippen LogP) is 1.94. The first-order chi connectivity index (χ1) is 9.80.